The normalized spacial score (nSPS) is 11.2. The standard InChI is InChI=1S/C11H15FN2O2S/c1-8(2)5-6-14-17(15,16)9-3-4-10(12)11(13)7-9/h3-5,7,14H,6,13H2,1-2H3. The van der Waals surface area contributed by atoms with Crippen LogP contribution < -0.4 is 10.5 Å². The average Bonchev–Trinajstić information content (AvgIpc) is 2.21. The molecule has 0 radical (unpaired) electrons. The monoisotopic (exact) mass is 258 g/mol. The van der Waals surface area contributed by atoms with Crippen molar-refractivity contribution in [1.29, 1.82) is 0 Å². The van der Waals surface area contributed by atoms with Crippen LogP contribution in [0.15, 0.2) is 34.7 Å². The number of benzene rings is 1. The van der Waals surface area contributed by atoms with Gasteiger partial charge in [0, 0.05) is 6.54 Å². The Labute approximate surface area is 100 Å². The second kappa shape index (κ2) is 5.29. The molecule has 0 aliphatic heterocycles. The summed E-state index contributed by atoms with van der Waals surface area (Å²) < 4.78 is 38.8. The first-order valence-corrected chi connectivity index (χ1v) is 6.49. The Hall–Kier alpha value is -1.40. The van der Waals surface area contributed by atoms with E-state index in [1.807, 2.05) is 13.8 Å². The molecule has 0 saturated carbocycles. The topological polar surface area (TPSA) is 72.2 Å². The highest BCUT2D eigenvalue weighted by atomic mass is 32.2. The van der Waals surface area contributed by atoms with Gasteiger partial charge in [0.25, 0.3) is 0 Å². The Morgan fingerprint density at radius 2 is 2.12 bits per heavy atom. The number of nitrogens with one attached hydrogen (secondary N) is 1. The molecule has 0 saturated heterocycles. The highest BCUT2D eigenvalue weighted by Crippen LogP contribution is 2.16. The van der Waals surface area contributed by atoms with Gasteiger partial charge >= 0.3 is 0 Å². The zero-order valence-electron chi connectivity index (χ0n) is 9.70. The van der Waals surface area contributed by atoms with E-state index in [1.54, 1.807) is 6.08 Å². The highest BCUT2D eigenvalue weighted by Gasteiger charge is 2.14. The van der Waals surface area contributed by atoms with Crippen LogP contribution in [0.1, 0.15) is 13.8 Å². The first-order chi connectivity index (χ1) is 7.83. The fourth-order valence-corrected chi connectivity index (χ4v) is 2.13. The number of nitrogens with two attached hydrogens (primary N) is 1. The number of sulfonamides is 1. The summed E-state index contributed by atoms with van der Waals surface area (Å²) >= 11 is 0. The predicted octanol–water partition coefficient (Wildman–Crippen LogP) is 1.65. The molecule has 0 fully saturated rings. The molecule has 0 spiro atoms. The SMILES string of the molecule is CC(C)=CCNS(=O)(=O)c1ccc(F)c(N)c1. The molecular weight excluding hydrogens is 243 g/mol. The quantitative estimate of drug-likeness (QED) is 0.637. The summed E-state index contributed by atoms with van der Waals surface area (Å²) in [6.45, 7) is 3.93. The lowest BCUT2D eigenvalue weighted by molar-refractivity contribution is 0.584. The molecule has 0 amide bonds. The summed E-state index contributed by atoms with van der Waals surface area (Å²) in [4.78, 5) is -0.0430. The molecule has 0 unspecified atom stereocenters. The molecule has 6 heteroatoms. The van der Waals surface area contributed by atoms with Crippen LogP contribution in [0.2, 0.25) is 0 Å². The summed E-state index contributed by atoms with van der Waals surface area (Å²) in [6.07, 6.45) is 1.74. The van der Waals surface area contributed by atoms with Gasteiger partial charge in [-0.2, -0.15) is 0 Å². The van der Waals surface area contributed by atoms with Gasteiger partial charge in [0.1, 0.15) is 5.82 Å². The van der Waals surface area contributed by atoms with Crippen molar-refractivity contribution in [1.82, 2.24) is 4.72 Å². The number of rotatable bonds is 4. The molecule has 4 nitrogen and oxygen atoms in total. The summed E-state index contributed by atoms with van der Waals surface area (Å²) in [5.41, 5.74) is 6.14. The van der Waals surface area contributed by atoms with Crippen molar-refractivity contribution in [2.75, 3.05) is 12.3 Å². The van der Waals surface area contributed by atoms with E-state index in [9.17, 15) is 12.8 Å². The third-order valence-electron chi connectivity index (χ3n) is 2.06. The van der Waals surface area contributed by atoms with E-state index in [1.165, 1.54) is 6.07 Å². The first-order valence-electron chi connectivity index (χ1n) is 5.01. The maximum absolute atomic E-state index is 12.9. The van der Waals surface area contributed by atoms with Crippen molar-refractivity contribution in [2.24, 2.45) is 0 Å². The third kappa shape index (κ3) is 3.83. The van der Waals surface area contributed by atoms with Crippen LogP contribution in [-0.2, 0) is 10.0 Å². The molecular formula is C11H15FN2O2S. The summed E-state index contributed by atoms with van der Waals surface area (Å²) in [5.74, 6) is -0.631. The van der Waals surface area contributed by atoms with Crippen LogP contribution in [0.4, 0.5) is 10.1 Å². The minimum Gasteiger partial charge on any atom is -0.396 e. The van der Waals surface area contributed by atoms with Gasteiger partial charge in [-0.15, -0.1) is 0 Å². The van der Waals surface area contributed by atoms with E-state index in [4.69, 9.17) is 5.73 Å². The van der Waals surface area contributed by atoms with Gasteiger partial charge in [-0.25, -0.2) is 17.5 Å². The number of halogens is 1. The van der Waals surface area contributed by atoms with Crippen LogP contribution in [0.5, 0.6) is 0 Å². The zero-order valence-corrected chi connectivity index (χ0v) is 10.5. The Morgan fingerprint density at radius 1 is 1.47 bits per heavy atom. The fraction of sp³-hybridized carbons (Fsp3) is 0.273. The van der Waals surface area contributed by atoms with Gasteiger partial charge in [0.05, 0.1) is 10.6 Å². The molecule has 0 heterocycles. The lowest BCUT2D eigenvalue weighted by Gasteiger charge is -2.06. The van der Waals surface area contributed by atoms with Crippen molar-refractivity contribution >= 4 is 15.7 Å². The maximum atomic E-state index is 12.9. The first kappa shape index (κ1) is 13.7. The Kier molecular flexibility index (Phi) is 4.25. The maximum Gasteiger partial charge on any atom is 0.240 e. The lowest BCUT2D eigenvalue weighted by Crippen LogP contribution is -2.24. The van der Waals surface area contributed by atoms with E-state index in [0.29, 0.717) is 0 Å². The Bertz CT molecular complexity index is 534. The van der Waals surface area contributed by atoms with E-state index < -0.39 is 15.8 Å². The van der Waals surface area contributed by atoms with Gasteiger partial charge in [-0.3, -0.25) is 0 Å². The second-order valence-electron chi connectivity index (χ2n) is 3.82. The molecule has 17 heavy (non-hydrogen) atoms. The molecule has 0 aliphatic rings. The van der Waals surface area contributed by atoms with Crippen LogP contribution in [-0.4, -0.2) is 15.0 Å². The predicted molar refractivity (Wildman–Crippen MR) is 65.4 cm³/mol. The number of hydrogen-bond acceptors (Lipinski definition) is 3. The molecule has 1 aromatic rings. The van der Waals surface area contributed by atoms with Gasteiger partial charge in [-0.05, 0) is 32.0 Å². The summed E-state index contributed by atoms with van der Waals surface area (Å²) in [5, 5.41) is 0. The molecule has 1 rings (SSSR count). The zero-order chi connectivity index (χ0) is 13.1. The average molecular weight is 258 g/mol. The molecule has 0 aromatic heterocycles. The van der Waals surface area contributed by atoms with Crippen LogP contribution in [0.25, 0.3) is 0 Å². The van der Waals surface area contributed by atoms with Crippen LogP contribution in [0, 0.1) is 5.82 Å². The Balaban J connectivity index is 2.90. The van der Waals surface area contributed by atoms with Crippen LogP contribution >= 0.6 is 0 Å². The molecule has 94 valence electrons. The molecule has 0 bridgehead atoms. The van der Waals surface area contributed by atoms with Crippen LogP contribution in [0.3, 0.4) is 0 Å². The second-order valence-corrected chi connectivity index (χ2v) is 5.58. The van der Waals surface area contributed by atoms with Crippen molar-refractivity contribution in [3.63, 3.8) is 0 Å². The smallest absolute Gasteiger partial charge is 0.240 e. The highest BCUT2D eigenvalue weighted by molar-refractivity contribution is 7.89. The van der Waals surface area contributed by atoms with E-state index in [2.05, 4.69) is 4.72 Å². The van der Waals surface area contributed by atoms with E-state index in [-0.39, 0.29) is 17.1 Å². The van der Waals surface area contributed by atoms with Crippen molar-refractivity contribution < 1.29 is 12.8 Å². The third-order valence-corrected chi connectivity index (χ3v) is 3.48. The number of allylic oxidation sites excluding steroid dienone is 1. The van der Waals surface area contributed by atoms with Gasteiger partial charge in [-0.1, -0.05) is 11.6 Å². The van der Waals surface area contributed by atoms with Crippen molar-refractivity contribution in [3.8, 4) is 0 Å². The lowest BCUT2D eigenvalue weighted by atomic mass is 10.3. The van der Waals surface area contributed by atoms with Crippen molar-refractivity contribution in [2.45, 2.75) is 18.7 Å². The van der Waals surface area contributed by atoms with Gasteiger partial charge < -0.3 is 5.73 Å². The van der Waals surface area contributed by atoms with E-state index >= 15 is 0 Å². The molecule has 0 aliphatic carbocycles. The molecule has 1 aromatic carbocycles. The minimum absolute atomic E-state index is 0.0430. The number of hydrogen-bond donors (Lipinski definition) is 2. The summed E-state index contributed by atoms with van der Waals surface area (Å²) in [6, 6.07) is 3.31. The minimum atomic E-state index is -3.64. The molecule has 0 atom stereocenters. The number of anilines is 1. The van der Waals surface area contributed by atoms with Crippen molar-refractivity contribution in [3.05, 3.63) is 35.7 Å². The number of nitrogen functional groups attached to an aromatic ring is 1. The van der Waals surface area contributed by atoms with Gasteiger partial charge in [0.15, 0.2) is 0 Å². The largest absolute Gasteiger partial charge is 0.396 e. The molecule has 3 N–H and O–H groups in total. The summed E-state index contributed by atoms with van der Waals surface area (Å²) in [7, 11) is -3.64. The fourth-order valence-electron chi connectivity index (χ4n) is 1.13. The van der Waals surface area contributed by atoms with Gasteiger partial charge in [0.2, 0.25) is 10.0 Å². The Morgan fingerprint density at radius 3 is 2.65 bits per heavy atom. The van der Waals surface area contributed by atoms with E-state index in [0.717, 1.165) is 17.7 Å².